The van der Waals surface area contributed by atoms with E-state index in [0.717, 1.165) is 48.3 Å². The number of ether oxygens (including phenoxy) is 2. The van der Waals surface area contributed by atoms with Crippen LogP contribution in [-0.4, -0.2) is 75.6 Å². The van der Waals surface area contributed by atoms with Crippen molar-refractivity contribution in [3.8, 4) is 11.3 Å². The minimum atomic E-state index is -4.57. The summed E-state index contributed by atoms with van der Waals surface area (Å²) in [7, 11) is 0. The zero-order valence-corrected chi connectivity index (χ0v) is 26.2. The Kier molecular flexibility index (Phi) is 8.16. The number of nitrogens with zero attached hydrogens (tertiary/aromatic N) is 5. The highest BCUT2D eigenvalue weighted by Gasteiger charge is 2.45. The molecule has 3 aliphatic heterocycles. The highest BCUT2D eigenvalue weighted by atomic mass is 19.4. The molecule has 11 nitrogen and oxygen atoms in total. The number of hydrogen-bond acceptors (Lipinski definition) is 8. The number of benzene rings is 1. The summed E-state index contributed by atoms with van der Waals surface area (Å²) in [4.78, 5) is 41.9. The number of likely N-dealkylation sites (tertiary alicyclic amines) is 1. The molecule has 6 heterocycles. The van der Waals surface area contributed by atoms with E-state index in [2.05, 4.69) is 19.7 Å². The van der Waals surface area contributed by atoms with Crippen LogP contribution in [-0.2, 0) is 20.4 Å². The molecule has 0 bridgehead atoms. The molecular formula is C34H34F3N7O4. The first-order chi connectivity index (χ1) is 23.0. The summed E-state index contributed by atoms with van der Waals surface area (Å²) in [5, 5.41) is 2.44. The molecule has 0 spiro atoms. The van der Waals surface area contributed by atoms with E-state index in [4.69, 9.17) is 20.2 Å². The number of piperidine rings is 1. The minimum absolute atomic E-state index is 0.0838. The number of rotatable bonds is 6. The van der Waals surface area contributed by atoms with Gasteiger partial charge in [0.2, 0.25) is 5.91 Å². The highest BCUT2D eigenvalue weighted by molar-refractivity contribution is 6.04. The summed E-state index contributed by atoms with van der Waals surface area (Å²) in [6.45, 7) is 4.98. The molecule has 1 atom stereocenters. The molecule has 2 amide bonds. The summed E-state index contributed by atoms with van der Waals surface area (Å²) >= 11 is 0. The third kappa shape index (κ3) is 5.90. The second-order valence-electron chi connectivity index (χ2n) is 12.7. The number of nitrogen functional groups attached to an aromatic ring is 1. The van der Waals surface area contributed by atoms with Crippen molar-refractivity contribution < 1.29 is 32.2 Å². The van der Waals surface area contributed by atoms with Crippen LogP contribution in [0.15, 0.2) is 54.9 Å². The normalized spacial score (nSPS) is 19.5. The van der Waals surface area contributed by atoms with Crippen LogP contribution in [0.25, 0.3) is 22.3 Å². The van der Waals surface area contributed by atoms with Gasteiger partial charge < -0.3 is 25.4 Å². The second-order valence-corrected chi connectivity index (χ2v) is 12.7. The number of amides is 2. The Labute approximate surface area is 274 Å². The van der Waals surface area contributed by atoms with E-state index in [1.807, 2.05) is 17.9 Å². The van der Waals surface area contributed by atoms with E-state index < -0.39 is 23.1 Å². The highest BCUT2D eigenvalue weighted by Crippen LogP contribution is 2.39. The molecule has 1 aromatic carbocycles. The van der Waals surface area contributed by atoms with Gasteiger partial charge in [0.25, 0.3) is 5.91 Å². The van der Waals surface area contributed by atoms with Gasteiger partial charge in [-0.3, -0.25) is 14.0 Å². The standard InChI is InChI=1S/C34H34F3N7O4/c1-33(18-48-19-33)32(46)43-12-2-3-23(17-43)30-42-27(28-29(38)40-16-25(44(28)30)20-9-13-47-14-10-20)21-4-6-22(7-5-21)31(45)41-26-15-24(8-11-39-26)34(35,36)37/h4-9,11,15-16,23H,2-3,10,12-14,17-19H2,1H3,(H2,38,40)(H,39,41,45)/t23-/m1/s1. The molecule has 4 aromatic rings. The van der Waals surface area contributed by atoms with Crippen molar-refractivity contribution in [2.24, 2.45) is 5.41 Å². The van der Waals surface area contributed by atoms with Gasteiger partial charge in [0.15, 0.2) is 0 Å². The van der Waals surface area contributed by atoms with Gasteiger partial charge in [-0.2, -0.15) is 13.2 Å². The van der Waals surface area contributed by atoms with Gasteiger partial charge in [-0.1, -0.05) is 18.2 Å². The maximum atomic E-state index is 13.5. The average molecular weight is 662 g/mol. The number of imidazole rings is 1. The minimum Gasteiger partial charge on any atom is -0.382 e. The van der Waals surface area contributed by atoms with E-state index in [1.54, 1.807) is 30.5 Å². The van der Waals surface area contributed by atoms with Crippen molar-refractivity contribution in [1.29, 1.82) is 0 Å². The molecule has 2 fully saturated rings. The first-order valence-corrected chi connectivity index (χ1v) is 15.8. The fourth-order valence-corrected chi connectivity index (χ4v) is 6.56. The molecule has 14 heteroatoms. The van der Waals surface area contributed by atoms with Crippen molar-refractivity contribution in [3.63, 3.8) is 0 Å². The number of nitrogens with one attached hydrogen (secondary N) is 1. The number of hydrogen-bond donors (Lipinski definition) is 2. The lowest BCUT2D eigenvalue weighted by Gasteiger charge is -2.42. The number of nitrogens with two attached hydrogens (primary N) is 1. The van der Waals surface area contributed by atoms with Crippen molar-refractivity contribution in [2.45, 2.75) is 38.3 Å². The van der Waals surface area contributed by atoms with E-state index >= 15 is 0 Å². The SMILES string of the molecule is CC1(C(=O)N2CCC[C@@H](c3nc(-c4ccc(C(=O)Nc5cc(C(F)(F)F)ccn5)cc4)c4c(N)ncc(C5=CCOCC5)n34)C2)COC1. The number of halogens is 3. The Hall–Kier alpha value is -4.82. The predicted octanol–water partition coefficient (Wildman–Crippen LogP) is 5.19. The molecule has 0 radical (unpaired) electrons. The lowest BCUT2D eigenvalue weighted by molar-refractivity contribution is -0.170. The molecule has 2 saturated heterocycles. The van der Waals surface area contributed by atoms with Crippen molar-refractivity contribution in [3.05, 3.63) is 77.5 Å². The molecular weight excluding hydrogens is 627 g/mol. The Balaban J connectivity index is 1.25. The molecule has 0 saturated carbocycles. The number of carbonyl (C=O) groups is 2. The molecule has 0 aliphatic carbocycles. The third-order valence-corrected chi connectivity index (χ3v) is 9.19. The second kappa shape index (κ2) is 12.3. The summed E-state index contributed by atoms with van der Waals surface area (Å²) in [5.74, 6) is 0.219. The number of alkyl halides is 3. The van der Waals surface area contributed by atoms with Gasteiger partial charge in [0, 0.05) is 36.3 Å². The van der Waals surface area contributed by atoms with Crippen LogP contribution in [0, 0.1) is 5.41 Å². The van der Waals surface area contributed by atoms with Gasteiger partial charge in [-0.05, 0) is 56.0 Å². The van der Waals surface area contributed by atoms with E-state index in [1.165, 1.54) is 0 Å². The molecule has 250 valence electrons. The molecule has 3 N–H and O–H groups in total. The summed E-state index contributed by atoms with van der Waals surface area (Å²) in [6, 6.07) is 8.19. The maximum Gasteiger partial charge on any atom is 0.416 e. The van der Waals surface area contributed by atoms with Crippen LogP contribution in [0.4, 0.5) is 24.8 Å². The van der Waals surface area contributed by atoms with Gasteiger partial charge in [0.1, 0.15) is 28.7 Å². The van der Waals surface area contributed by atoms with Crippen LogP contribution in [0.3, 0.4) is 0 Å². The topological polar surface area (TPSA) is 137 Å². The van der Waals surface area contributed by atoms with Crippen LogP contribution in [0.1, 0.15) is 59.5 Å². The first kappa shape index (κ1) is 31.8. The van der Waals surface area contributed by atoms with Crippen molar-refractivity contribution in [2.75, 3.05) is 50.6 Å². The first-order valence-electron chi connectivity index (χ1n) is 15.8. The predicted molar refractivity (Wildman–Crippen MR) is 171 cm³/mol. The molecule has 0 unspecified atom stereocenters. The Morgan fingerprint density at radius 2 is 1.90 bits per heavy atom. The Morgan fingerprint density at radius 1 is 1.10 bits per heavy atom. The maximum absolute atomic E-state index is 13.5. The van der Waals surface area contributed by atoms with Crippen LogP contribution in [0.2, 0.25) is 0 Å². The lowest BCUT2D eigenvalue weighted by Crippen LogP contribution is -2.55. The summed E-state index contributed by atoms with van der Waals surface area (Å²) in [6.07, 6.45) is 2.53. The van der Waals surface area contributed by atoms with Gasteiger partial charge in [0.05, 0.1) is 49.3 Å². The smallest absolute Gasteiger partial charge is 0.382 e. The third-order valence-electron chi connectivity index (χ3n) is 9.19. The number of carbonyl (C=O) groups excluding carboxylic acids is 2. The molecule has 7 rings (SSSR count). The van der Waals surface area contributed by atoms with Crippen LogP contribution < -0.4 is 11.1 Å². The average Bonchev–Trinajstić information content (AvgIpc) is 3.49. The quantitative estimate of drug-likeness (QED) is 0.288. The number of fused-ring (bicyclic) bond motifs is 1. The van der Waals surface area contributed by atoms with Gasteiger partial charge in [-0.15, -0.1) is 0 Å². The zero-order chi connectivity index (χ0) is 33.6. The van der Waals surface area contributed by atoms with Crippen LogP contribution >= 0.6 is 0 Å². The molecule has 48 heavy (non-hydrogen) atoms. The van der Waals surface area contributed by atoms with Crippen molar-refractivity contribution in [1.82, 2.24) is 24.3 Å². The molecule has 3 aromatic heterocycles. The number of pyridine rings is 1. The Bertz CT molecular complexity index is 1920. The van der Waals surface area contributed by atoms with E-state index in [0.29, 0.717) is 62.7 Å². The Morgan fingerprint density at radius 3 is 2.58 bits per heavy atom. The fourth-order valence-electron chi connectivity index (χ4n) is 6.56. The van der Waals surface area contributed by atoms with Crippen LogP contribution in [0.5, 0.6) is 0 Å². The van der Waals surface area contributed by atoms with Gasteiger partial charge >= 0.3 is 6.18 Å². The fraction of sp³-hybridized carbons (Fsp3) is 0.382. The summed E-state index contributed by atoms with van der Waals surface area (Å²) in [5.41, 5.74) is 9.11. The molecule has 3 aliphatic rings. The zero-order valence-electron chi connectivity index (χ0n) is 26.2. The number of aromatic nitrogens is 4. The van der Waals surface area contributed by atoms with E-state index in [-0.39, 0.29) is 29.0 Å². The summed E-state index contributed by atoms with van der Waals surface area (Å²) < 4.78 is 52.4. The van der Waals surface area contributed by atoms with E-state index in [9.17, 15) is 22.8 Å². The van der Waals surface area contributed by atoms with Gasteiger partial charge in [-0.25, -0.2) is 15.0 Å². The largest absolute Gasteiger partial charge is 0.416 e. The number of anilines is 2. The van der Waals surface area contributed by atoms with Crippen molar-refractivity contribution >= 4 is 34.5 Å². The lowest BCUT2D eigenvalue weighted by atomic mass is 9.85. The monoisotopic (exact) mass is 661 g/mol.